The third-order valence-corrected chi connectivity index (χ3v) is 3.24. The predicted molar refractivity (Wildman–Crippen MR) is 64.3 cm³/mol. The van der Waals surface area contributed by atoms with Gasteiger partial charge in [-0.15, -0.1) is 5.10 Å². The molecule has 1 aliphatic rings. The van der Waals surface area contributed by atoms with Crippen LogP contribution in [0.15, 0.2) is 12.2 Å². The van der Waals surface area contributed by atoms with E-state index in [0.717, 1.165) is 0 Å². The smallest absolute Gasteiger partial charge is 0.480 e. The lowest BCUT2D eigenvalue weighted by molar-refractivity contribution is 0.00578. The number of hydrogen-bond acceptors (Lipinski definition) is 5. The van der Waals surface area contributed by atoms with Crippen molar-refractivity contribution in [1.29, 1.82) is 0 Å². The molecule has 2 heterocycles. The maximum absolute atomic E-state index is 8.00. The van der Waals surface area contributed by atoms with Gasteiger partial charge in [0, 0.05) is 17.7 Å². The highest BCUT2D eigenvalue weighted by Crippen LogP contribution is 2.36. The molecular weight excluding hydrogens is 219 g/mol. The molecule has 1 saturated heterocycles. The van der Waals surface area contributed by atoms with Crippen LogP contribution >= 0.6 is 0 Å². The largest absolute Gasteiger partial charge is 0.496 e. The number of rotatable bonds is 2. The zero-order valence-electron chi connectivity index (χ0n) is 12.7. The van der Waals surface area contributed by atoms with Gasteiger partial charge in [0.05, 0.1) is 21.1 Å². The van der Waals surface area contributed by atoms with Gasteiger partial charge in [-0.3, -0.25) is 0 Å². The molecule has 6 heteroatoms. The topological polar surface area (TPSA) is 53.5 Å². The van der Waals surface area contributed by atoms with Crippen LogP contribution in [0.5, 0.6) is 5.88 Å². The van der Waals surface area contributed by atoms with Gasteiger partial charge in [-0.25, -0.2) is 0 Å². The summed E-state index contributed by atoms with van der Waals surface area (Å²) in [7, 11) is 0.592. The first-order valence-electron chi connectivity index (χ1n) is 6.43. The average Bonchev–Trinajstić information content (AvgIpc) is 2.48. The summed E-state index contributed by atoms with van der Waals surface area (Å²) in [6, 6.07) is -0.0269. The molecule has 17 heavy (non-hydrogen) atoms. The first kappa shape index (κ1) is 9.85. The van der Waals surface area contributed by atoms with Gasteiger partial charge < -0.3 is 14.0 Å². The maximum atomic E-state index is 8.00. The van der Waals surface area contributed by atoms with Crippen molar-refractivity contribution in [2.24, 2.45) is 0 Å². The molecule has 2 rings (SSSR count). The summed E-state index contributed by atoms with van der Waals surface area (Å²) in [4.78, 5) is 0. The SMILES string of the molecule is [2H]c1nnc(OC)c([2H])c1B1OC(C)(C)C(C)(C)O1. The molecule has 5 nitrogen and oxygen atoms in total. The van der Waals surface area contributed by atoms with E-state index >= 15 is 0 Å². The lowest BCUT2D eigenvalue weighted by Gasteiger charge is -2.32. The average molecular weight is 238 g/mol. The molecule has 0 aromatic carbocycles. The van der Waals surface area contributed by atoms with Crippen molar-refractivity contribution in [2.75, 3.05) is 7.11 Å². The predicted octanol–water partition coefficient (Wildman–Crippen LogP) is 0.784. The number of ether oxygens (including phenoxy) is 1. The van der Waals surface area contributed by atoms with Gasteiger partial charge in [0.1, 0.15) is 0 Å². The Kier molecular flexibility index (Phi) is 2.29. The van der Waals surface area contributed by atoms with E-state index in [1.165, 1.54) is 7.11 Å². The van der Waals surface area contributed by atoms with Crippen LogP contribution in [-0.2, 0) is 9.31 Å². The second-order valence-corrected chi connectivity index (χ2v) is 4.95. The summed E-state index contributed by atoms with van der Waals surface area (Å²) in [6.07, 6.45) is -0.135. The van der Waals surface area contributed by atoms with Crippen LogP contribution < -0.4 is 10.2 Å². The van der Waals surface area contributed by atoms with Crippen LogP contribution in [0.2, 0.25) is 0 Å². The minimum atomic E-state index is -0.811. The summed E-state index contributed by atoms with van der Waals surface area (Å²) in [5.41, 5.74) is -0.828. The fourth-order valence-electron chi connectivity index (χ4n) is 1.46. The molecule has 0 amide bonds. The van der Waals surface area contributed by atoms with Gasteiger partial charge in [0.15, 0.2) is 0 Å². The highest BCUT2D eigenvalue weighted by atomic mass is 16.7. The van der Waals surface area contributed by atoms with Gasteiger partial charge in [-0.1, -0.05) is 0 Å². The number of hydrogen-bond donors (Lipinski definition) is 0. The zero-order chi connectivity index (χ0) is 14.4. The molecule has 0 saturated carbocycles. The van der Waals surface area contributed by atoms with Crippen molar-refractivity contribution in [2.45, 2.75) is 38.9 Å². The molecule has 0 unspecified atom stereocenters. The maximum Gasteiger partial charge on any atom is 0.496 e. The van der Waals surface area contributed by atoms with E-state index in [-0.39, 0.29) is 23.6 Å². The highest BCUT2D eigenvalue weighted by molar-refractivity contribution is 6.62. The fourth-order valence-corrected chi connectivity index (χ4v) is 1.46. The van der Waals surface area contributed by atoms with Gasteiger partial charge in [0.25, 0.3) is 0 Å². The van der Waals surface area contributed by atoms with Crippen LogP contribution in [0.1, 0.15) is 30.4 Å². The number of aromatic nitrogens is 2. The van der Waals surface area contributed by atoms with Crippen LogP contribution in [0.3, 0.4) is 0 Å². The Balaban J connectivity index is 2.45. The Hall–Kier alpha value is -1.14. The number of methoxy groups -OCH3 is 1. The van der Waals surface area contributed by atoms with E-state index in [1.807, 2.05) is 27.7 Å². The molecule has 1 aromatic rings. The van der Waals surface area contributed by atoms with Crippen molar-refractivity contribution < 1.29 is 16.8 Å². The van der Waals surface area contributed by atoms with Crippen LogP contribution in [0.25, 0.3) is 0 Å². The summed E-state index contributed by atoms with van der Waals surface area (Å²) < 4.78 is 32.4. The summed E-state index contributed by atoms with van der Waals surface area (Å²) >= 11 is 0. The highest BCUT2D eigenvalue weighted by Gasteiger charge is 2.51. The standard InChI is InChI=1S/C11H17BN2O3/c1-10(2)11(3,4)17-12(16-10)8-6-9(15-5)14-13-7-8/h6-7H,1-5H3/i6D,7D. The molecule has 1 fully saturated rings. The second kappa shape index (κ2) is 3.96. The van der Waals surface area contributed by atoms with Gasteiger partial charge in [-0.05, 0) is 27.7 Å². The molecule has 0 aliphatic carbocycles. The van der Waals surface area contributed by atoms with Gasteiger partial charge in [-0.2, -0.15) is 5.10 Å². The van der Waals surface area contributed by atoms with E-state index in [2.05, 4.69) is 10.2 Å². The zero-order valence-corrected chi connectivity index (χ0v) is 10.7. The monoisotopic (exact) mass is 238 g/mol. The summed E-state index contributed by atoms with van der Waals surface area (Å²) in [5, 5.41) is 7.31. The van der Waals surface area contributed by atoms with Crippen molar-refractivity contribution in [3.05, 3.63) is 12.2 Å². The van der Waals surface area contributed by atoms with Crippen molar-refractivity contribution in [3.8, 4) is 5.88 Å². The Labute approximate surface area is 104 Å². The van der Waals surface area contributed by atoms with Gasteiger partial charge in [0.2, 0.25) is 5.88 Å². The van der Waals surface area contributed by atoms with Crippen LogP contribution in [0, 0.1) is 0 Å². The van der Waals surface area contributed by atoms with Gasteiger partial charge >= 0.3 is 7.12 Å². The minimum Gasteiger partial charge on any atom is -0.480 e. The lowest BCUT2D eigenvalue weighted by Crippen LogP contribution is -2.41. The molecular formula is C11H17BN2O3. The molecule has 0 atom stereocenters. The Bertz CT molecular complexity index is 495. The first-order valence-corrected chi connectivity index (χ1v) is 5.43. The minimum absolute atomic E-state index is 0.0269. The molecule has 0 radical (unpaired) electrons. The van der Waals surface area contributed by atoms with E-state index in [9.17, 15) is 0 Å². The quantitative estimate of drug-likeness (QED) is 0.713. The normalized spacial score (nSPS) is 23.2. The van der Waals surface area contributed by atoms with E-state index in [0.29, 0.717) is 0 Å². The molecule has 1 aliphatic heterocycles. The molecule has 0 bridgehead atoms. The second-order valence-electron chi connectivity index (χ2n) is 4.95. The third kappa shape index (κ3) is 2.15. The van der Waals surface area contributed by atoms with Crippen molar-refractivity contribution in [3.63, 3.8) is 0 Å². The van der Waals surface area contributed by atoms with E-state index in [4.69, 9.17) is 16.8 Å². The summed E-state index contributed by atoms with van der Waals surface area (Å²) in [5.74, 6) is 0.0562. The molecule has 92 valence electrons. The lowest BCUT2D eigenvalue weighted by atomic mass is 9.81. The number of nitrogens with zero attached hydrogens (tertiary/aromatic N) is 2. The Morgan fingerprint density at radius 1 is 1.29 bits per heavy atom. The third-order valence-electron chi connectivity index (χ3n) is 3.24. The Morgan fingerprint density at radius 3 is 2.41 bits per heavy atom. The molecule has 1 aromatic heterocycles. The Morgan fingerprint density at radius 2 is 1.88 bits per heavy atom. The fraction of sp³-hybridized carbons (Fsp3) is 0.636. The molecule has 0 spiro atoms. The van der Waals surface area contributed by atoms with Crippen LogP contribution in [-0.4, -0.2) is 35.6 Å². The summed E-state index contributed by atoms with van der Waals surface area (Å²) in [6.45, 7) is 7.64. The van der Waals surface area contributed by atoms with Crippen molar-refractivity contribution >= 4 is 12.6 Å². The van der Waals surface area contributed by atoms with E-state index in [1.54, 1.807) is 0 Å². The first-order chi connectivity index (χ1) is 8.69. The van der Waals surface area contributed by atoms with Crippen molar-refractivity contribution in [1.82, 2.24) is 10.2 Å². The van der Waals surface area contributed by atoms with E-state index < -0.39 is 18.3 Å². The molecule has 0 N–H and O–H groups in total. The van der Waals surface area contributed by atoms with Crippen LogP contribution in [0.4, 0.5) is 0 Å².